The van der Waals surface area contributed by atoms with E-state index in [9.17, 15) is 0 Å². The molecular weight excluding hydrogens is 326 g/mol. The summed E-state index contributed by atoms with van der Waals surface area (Å²) in [6.45, 7) is 7.80. The van der Waals surface area contributed by atoms with Gasteiger partial charge in [-0.2, -0.15) is 0 Å². The minimum Gasteiger partial charge on any atom is -0.385 e. The first kappa shape index (κ1) is 21.5. The van der Waals surface area contributed by atoms with Crippen LogP contribution in [-0.2, 0) is 9.47 Å². The monoisotopic (exact) mass is 367 g/mol. The van der Waals surface area contributed by atoms with E-state index in [2.05, 4.69) is 17.1 Å². The normalized spacial score (nSPS) is 21.5. The Morgan fingerprint density at radius 3 is 2.35 bits per heavy atom. The Balaban J connectivity index is 1.75. The maximum Gasteiger partial charge on any atom is 0.193 e. The number of guanidine groups is 1. The van der Waals surface area contributed by atoms with Crippen molar-refractivity contribution >= 4 is 5.96 Å². The van der Waals surface area contributed by atoms with Crippen molar-refractivity contribution in [2.75, 3.05) is 46.5 Å². The van der Waals surface area contributed by atoms with Crippen molar-refractivity contribution < 1.29 is 9.47 Å². The highest BCUT2D eigenvalue weighted by Crippen LogP contribution is 2.22. The first-order chi connectivity index (χ1) is 12.8. The Kier molecular flexibility index (Phi) is 11.1. The van der Waals surface area contributed by atoms with Crippen molar-refractivity contribution in [3.8, 4) is 0 Å². The Hall–Kier alpha value is -0.810. The van der Waals surface area contributed by atoms with Crippen LogP contribution in [-0.4, -0.2) is 63.5 Å². The van der Waals surface area contributed by atoms with Crippen molar-refractivity contribution in [3.63, 3.8) is 0 Å². The van der Waals surface area contributed by atoms with Crippen LogP contribution < -0.4 is 5.32 Å². The van der Waals surface area contributed by atoms with Crippen LogP contribution in [0.5, 0.6) is 0 Å². The molecule has 1 saturated carbocycles. The number of rotatable bonds is 8. The standard InChI is InChI=1S/C21H41N3O2/c1-3-22-21(23-18-19-10-7-5-4-6-8-11-19)24-14-12-20(13-15-24)26-17-9-16-25-2/h19-20H,3-18H2,1-2H3,(H,22,23). The zero-order chi connectivity index (χ0) is 18.5. The number of hydrogen-bond acceptors (Lipinski definition) is 3. The molecule has 1 saturated heterocycles. The number of nitrogens with zero attached hydrogens (tertiary/aromatic N) is 2. The van der Waals surface area contributed by atoms with Crippen LogP contribution in [0.15, 0.2) is 4.99 Å². The van der Waals surface area contributed by atoms with E-state index < -0.39 is 0 Å². The smallest absolute Gasteiger partial charge is 0.193 e. The summed E-state index contributed by atoms with van der Waals surface area (Å²) in [5, 5.41) is 3.51. The molecule has 0 aromatic rings. The number of hydrogen-bond donors (Lipinski definition) is 1. The second-order valence-electron chi connectivity index (χ2n) is 7.81. The fourth-order valence-electron chi connectivity index (χ4n) is 4.05. The molecule has 0 bridgehead atoms. The number of likely N-dealkylation sites (tertiary alicyclic amines) is 1. The molecule has 0 unspecified atom stereocenters. The largest absolute Gasteiger partial charge is 0.385 e. The van der Waals surface area contributed by atoms with Gasteiger partial charge in [-0.25, -0.2) is 0 Å². The molecule has 5 heteroatoms. The molecule has 152 valence electrons. The Morgan fingerprint density at radius 1 is 1.00 bits per heavy atom. The number of nitrogens with one attached hydrogen (secondary N) is 1. The van der Waals surface area contributed by atoms with Crippen molar-refractivity contribution in [1.82, 2.24) is 10.2 Å². The summed E-state index contributed by atoms with van der Waals surface area (Å²) in [6.07, 6.45) is 13.4. The number of aliphatic imine (C=N–C) groups is 1. The van der Waals surface area contributed by atoms with Gasteiger partial charge in [-0.05, 0) is 44.9 Å². The van der Waals surface area contributed by atoms with Crippen LogP contribution in [0, 0.1) is 5.92 Å². The SMILES string of the molecule is CCNC(=NCC1CCCCCCC1)N1CCC(OCCCOC)CC1. The van der Waals surface area contributed by atoms with E-state index in [-0.39, 0.29) is 0 Å². The minimum absolute atomic E-state index is 0.400. The predicted octanol–water partition coefficient (Wildman–Crippen LogP) is 3.83. The number of ether oxygens (including phenoxy) is 2. The molecule has 0 atom stereocenters. The van der Waals surface area contributed by atoms with Gasteiger partial charge < -0.3 is 19.7 Å². The Morgan fingerprint density at radius 2 is 1.69 bits per heavy atom. The van der Waals surface area contributed by atoms with E-state index >= 15 is 0 Å². The third-order valence-electron chi connectivity index (χ3n) is 5.65. The summed E-state index contributed by atoms with van der Waals surface area (Å²) in [5.74, 6) is 1.90. The molecule has 0 amide bonds. The molecule has 0 spiro atoms. The first-order valence-corrected chi connectivity index (χ1v) is 11.0. The fourth-order valence-corrected chi connectivity index (χ4v) is 4.05. The molecule has 5 nitrogen and oxygen atoms in total. The van der Waals surface area contributed by atoms with Crippen LogP contribution in [0.3, 0.4) is 0 Å². The van der Waals surface area contributed by atoms with Crippen molar-refractivity contribution in [2.24, 2.45) is 10.9 Å². The molecule has 1 N–H and O–H groups in total. The highest BCUT2D eigenvalue weighted by molar-refractivity contribution is 5.80. The zero-order valence-corrected chi connectivity index (χ0v) is 17.2. The van der Waals surface area contributed by atoms with Crippen LogP contribution in [0.4, 0.5) is 0 Å². The van der Waals surface area contributed by atoms with Gasteiger partial charge in [0.15, 0.2) is 5.96 Å². The molecule has 0 aromatic heterocycles. The average molecular weight is 368 g/mol. The lowest BCUT2D eigenvalue weighted by Gasteiger charge is -2.34. The maximum atomic E-state index is 5.99. The van der Waals surface area contributed by atoms with Gasteiger partial charge in [0.25, 0.3) is 0 Å². The van der Waals surface area contributed by atoms with E-state index in [0.717, 1.165) is 70.5 Å². The van der Waals surface area contributed by atoms with Gasteiger partial charge in [0.1, 0.15) is 0 Å². The van der Waals surface area contributed by atoms with Crippen LogP contribution in [0.1, 0.15) is 71.1 Å². The lowest BCUT2D eigenvalue weighted by molar-refractivity contribution is 0.00989. The van der Waals surface area contributed by atoms with Gasteiger partial charge in [0.2, 0.25) is 0 Å². The summed E-state index contributed by atoms with van der Waals surface area (Å²) in [5.41, 5.74) is 0. The van der Waals surface area contributed by atoms with Crippen molar-refractivity contribution in [3.05, 3.63) is 0 Å². The highest BCUT2D eigenvalue weighted by Gasteiger charge is 2.22. The molecule has 2 aliphatic rings. The first-order valence-electron chi connectivity index (χ1n) is 11.0. The molecule has 26 heavy (non-hydrogen) atoms. The Bertz CT molecular complexity index is 373. The highest BCUT2D eigenvalue weighted by atomic mass is 16.5. The lowest BCUT2D eigenvalue weighted by atomic mass is 9.91. The quantitative estimate of drug-likeness (QED) is 0.402. The van der Waals surface area contributed by atoms with Crippen molar-refractivity contribution in [2.45, 2.75) is 77.2 Å². The van der Waals surface area contributed by atoms with Gasteiger partial charge in [-0.3, -0.25) is 4.99 Å². The molecule has 2 fully saturated rings. The third-order valence-corrected chi connectivity index (χ3v) is 5.65. The summed E-state index contributed by atoms with van der Waals surface area (Å²) >= 11 is 0. The fraction of sp³-hybridized carbons (Fsp3) is 0.952. The predicted molar refractivity (Wildman–Crippen MR) is 109 cm³/mol. The van der Waals surface area contributed by atoms with E-state index in [0.29, 0.717) is 6.10 Å². The van der Waals surface area contributed by atoms with Gasteiger partial charge in [-0.1, -0.05) is 32.1 Å². The maximum absolute atomic E-state index is 5.99. The van der Waals surface area contributed by atoms with Crippen LogP contribution in [0.2, 0.25) is 0 Å². The average Bonchev–Trinajstić information content (AvgIpc) is 2.64. The van der Waals surface area contributed by atoms with Crippen LogP contribution in [0.25, 0.3) is 0 Å². The summed E-state index contributed by atoms with van der Waals surface area (Å²) in [4.78, 5) is 7.45. The molecule has 2 rings (SSSR count). The molecule has 1 heterocycles. The Labute approximate surface area is 160 Å². The zero-order valence-electron chi connectivity index (χ0n) is 17.2. The topological polar surface area (TPSA) is 46.1 Å². The summed E-state index contributed by atoms with van der Waals surface area (Å²) < 4.78 is 11.1. The molecule has 0 aromatic carbocycles. The van der Waals surface area contributed by atoms with Gasteiger partial charge in [0.05, 0.1) is 6.10 Å². The summed E-state index contributed by atoms with van der Waals surface area (Å²) in [6, 6.07) is 0. The number of piperidine rings is 1. The van der Waals surface area contributed by atoms with Gasteiger partial charge in [0, 0.05) is 46.5 Å². The van der Waals surface area contributed by atoms with E-state index in [4.69, 9.17) is 14.5 Å². The molecular formula is C21H41N3O2. The second-order valence-corrected chi connectivity index (χ2v) is 7.81. The molecule has 0 radical (unpaired) electrons. The number of methoxy groups -OCH3 is 1. The van der Waals surface area contributed by atoms with Gasteiger partial charge in [-0.15, -0.1) is 0 Å². The summed E-state index contributed by atoms with van der Waals surface area (Å²) in [7, 11) is 1.75. The van der Waals surface area contributed by atoms with Crippen LogP contribution >= 0.6 is 0 Å². The molecule has 1 aliphatic heterocycles. The minimum atomic E-state index is 0.400. The van der Waals surface area contributed by atoms with E-state index in [1.54, 1.807) is 7.11 Å². The van der Waals surface area contributed by atoms with E-state index in [1.165, 1.54) is 44.9 Å². The van der Waals surface area contributed by atoms with Gasteiger partial charge >= 0.3 is 0 Å². The lowest BCUT2D eigenvalue weighted by Crippen LogP contribution is -2.47. The molecule has 1 aliphatic carbocycles. The second kappa shape index (κ2) is 13.4. The van der Waals surface area contributed by atoms with E-state index in [1.807, 2.05) is 0 Å². The third kappa shape index (κ3) is 8.26. The van der Waals surface area contributed by atoms with Crippen molar-refractivity contribution in [1.29, 1.82) is 0 Å².